The van der Waals surface area contributed by atoms with Crippen LogP contribution in [0, 0.1) is 6.92 Å². The highest BCUT2D eigenvalue weighted by Crippen LogP contribution is 2.21. The normalized spacial score (nSPS) is 9.65. The van der Waals surface area contributed by atoms with Gasteiger partial charge in [0, 0.05) is 0 Å². The predicted octanol–water partition coefficient (Wildman–Crippen LogP) is 3.47. The fraction of sp³-hybridized carbons (Fsp3) is 0.200. The molecule has 2 N–H and O–H groups in total. The van der Waals surface area contributed by atoms with E-state index in [0.717, 1.165) is 5.82 Å². The van der Waals surface area contributed by atoms with Gasteiger partial charge in [0.2, 0.25) is 0 Å². The van der Waals surface area contributed by atoms with E-state index < -0.39 is 5.97 Å². The molecule has 3 rings (SSSR count). The van der Waals surface area contributed by atoms with E-state index in [4.69, 9.17) is 22.1 Å². The Labute approximate surface area is 173 Å². The van der Waals surface area contributed by atoms with Gasteiger partial charge in [0.1, 0.15) is 11.3 Å². The molecule has 0 unspecified atom stereocenters. The summed E-state index contributed by atoms with van der Waals surface area (Å²) < 4.78 is 6.54. The highest BCUT2D eigenvalue weighted by molar-refractivity contribution is 6.31. The van der Waals surface area contributed by atoms with Gasteiger partial charge in [-0.25, -0.2) is 14.8 Å². The van der Waals surface area contributed by atoms with Crippen molar-refractivity contribution in [3.8, 4) is 0 Å². The van der Waals surface area contributed by atoms with Gasteiger partial charge in [0.05, 0.1) is 36.3 Å². The largest absolute Gasteiger partial charge is 0.464 e. The Morgan fingerprint density at radius 3 is 2.58 bits per heavy atom. The number of ether oxygens (including phenoxy) is 1. The first-order valence-electron chi connectivity index (χ1n) is 6.81. The van der Waals surface area contributed by atoms with Gasteiger partial charge in [-0.2, -0.15) is 0 Å². The molecule has 0 aliphatic rings. The average Bonchev–Trinajstić information content (AvgIpc) is 2.84. The van der Waals surface area contributed by atoms with E-state index in [2.05, 4.69) is 15.0 Å². The SMILES string of the molecule is COC(=O)c1ccc2nc(C)n(Cc3ncc(N)cc3Cl)c2n1.Cl.Cl.Cl. The van der Waals surface area contributed by atoms with Crippen molar-refractivity contribution in [2.24, 2.45) is 0 Å². The zero-order valence-electron chi connectivity index (χ0n) is 13.8. The summed E-state index contributed by atoms with van der Waals surface area (Å²) in [6, 6.07) is 4.96. The summed E-state index contributed by atoms with van der Waals surface area (Å²) >= 11 is 6.18. The minimum atomic E-state index is -0.499. The lowest BCUT2D eigenvalue weighted by molar-refractivity contribution is 0.0594. The zero-order chi connectivity index (χ0) is 16.6. The van der Waals surface area contributed by atoms with Crippen LogP contribution in [0.15, 0.2) is 24.4 Å². The van der Waals surface area contributed by atoms with E-state index in [-0.39, 0.29) is 42.9 Å². The van der Waals surface area contributed by atoms with E-state index >= 15 is 0 Å². The second kappa shape index (κ2) is 9.78. The number of nitrogens with zero attached hydrogens (tertiary/aromatic N) is 4. The van der Waals surface area contributed by atoms with Gasteiger partial charge in [-0.1, -0.05) is 11.6 Å². The van der Waals surface area contributed by atoms with Crippen LogP contribution in [-0.4, -0.2) is 32.6 Å². The summed E-state index contributed by atoms with van der Waals surface area (Å²) in [4.78, 5) is 24.7. The number of carbonyl (C=O) groups is 1. The first-order valence-corrected chi connectivity index (χ1v) is 7.19. The Bertz CT molecular complexity index is 916. The predicted molar refractivity (Wildman–Crippen MR) is 108 cm³/mol. The number of imidazole rings is 1. The molecule has 142 valence electrons. The Morgan fingerprint density at radius 1 is 1.27 bits per heavy atom. The van der Waals surface area contributed by atoms with Crippen molar-refractivity contribution in [1.29, 1.82) is 0 Å². The highest BCUT2D eigenvalue weighted by atomic mass is 35.5. The number of halogens is 4. The third-order valence-corrected chi connectivity index (χ3v) is 3.75. The van der Waals surface area contributed by atoms with Crippen molar-refractivity contribution in [2.45, 2.75) is 13.5 Å². The zero-order valence-corrected chi connectivity index (χ0v) is 17.0. The molecule has 0 aliphatic carbocycles. The monoisotopic (exact) mass is 439 g/mol. The summed E-state index contributed by atoms with van der Waals surface area (Å²) in [5, 5.41) is 0.468. The van der Waals surface area contributed by atoms with E-state index in [1.807, 2.05) is 11.5 Å². The molecule has 0 spiro atoms. The van der Waals surface area contributed by atoms with Crippen LogP contribution in [-0.2, 0) is 11.3 Å². The average molecular weight is 441 g/mol. The molecule has 0 aliphatic heterocycles. The van der Waals surface area contributed by atoms with Gasteiger partial charge in [-0.15, -0.1) is 37.2 Å². The summed E-state index contributed by atoms with van der Waals surface area (Å²) in [5.74, 6) is 0.241. The summed E-state index contributed by atoms with van der Waals surface area (Å²) in [6.45, 7) is 2.23. The first kappa shape index (κ1) is 24.2. The third-order valence-electron chi connectivity index (χ3n) is 3.42. The van der Waals surface area contributed by atoms with Gasteiger partial charge >= 0.3 is 5.97 Å². The molecule has 3 heterocycles. The number of anilines is 1. The van der Waals surface area contributed by atoms with Crippen LogP contribution in [0.5, 0.6) is 0 Å². The van der Waals surface area contributed by atoms with E-state index in [9.17, 15) is 4.79 Å². The van der Waals surface area contributed by atoms with Crippen LogP contribution in [0.1, 0.15) is 22.0 Å². The molecule has 0 amide bonds. The van der Waals surface area contributed by atoms with Gasteiger partial charge in [-0.3, -0.25) is 4.98 Å². The lowest BCUT2D eigenvalue weighted by Crippen LogP contribution is -2.08. The van der Waals surface area contributed by atoms with Crippen LogP contribution in [0.3, 0.4) is 0 Å². The molecule has 0 radical (unpaired) electrons. The number of nitrogen functional groups attached to an aromatic ring is 1. The van der Waals surface area contributed by atoms with Crippen LogP contribution in [0.4, 0.5) is 5.69 Å². The van der Waals surface area contributed by atoms with E-state index in [0.29, 0.717) is 34.1 Å². The quantitative estimate of drug-likeness (QED) is 0.626. The smallest absolute Gasteiger partial charge is 0.356 e. The topological polar surface area (TPSA) is 95.9 Å². The lowest BCUT2D eigenvalue weighted by atomic mass is 10.3. The van der Waals surface area contributed by atoms with Crippen molar-refractivity contribution in [2.75, 3.05) is 12.8 Å². The number of aryl methyl sites for hydroxylation is 1. The van der Waals surface area contributed by atoms with E-state index in [1.165, 1.54) is 7.11 Å². The number of nitrogens with two attached hydrogens (primary N) is 1. The molecule has 0 aromatic carbocycles. The van der Waals surface area contributed by atoms with Gasteiger partial charge in [0.25, 0.3) is 0 Å². The van der Waals surface area contributed by atoms with Gasteiger partial charge in [-0.05, 0) is 25.1 Å². The van der Waals surface area contributed by atoms with Crippen molar-refractivity contribution in [3.63, 3.8) is 0 Å². The molecular weight excluding hydrogens is 424 g/mol. The van der Waals surface area contributed by atoms with Crippen molar-refractivity contribution < 1.29 is 9.53 Å². The minimum Gasteiger partial charge on any atom is -0.464 e. The number of hydrogen-bond acceptors (Lipinski definition) is 6. The van der Waals surface area contributed by atoms with Gasteiger partial charge in [0.15, 0.2) is 11.3 Å². The lowest BCUT2D eigenvalue weighted by Gasteiger charge is -2.08. The molecular formula is C15H17Cl4N5O2. The molecule has 3 aromatic heterocycles. The molecule has 26 heavy (non-hydrogen) atoms. The van der Waals surface area contributed by atoms with Crippen molar-refractivity contribution in [1.82, 2.24) is 19.5 Å². The molecule has 0 fully saturated rings. The molecule has 7 nitrogen and oxygen atoms in total. The number of fused-ring (bicyclic) bond motifs is 1. The highest BCUT2D eigenvalue weighted by Gasteiger charge is 2.15. The maximum Gasteiger partial charge on any atom is 0.356 e. The number of methoxy groups -OCH3 is 1. The molecule has 0 atom stereocenters. The Balaban J connectivity index is 0.00000208. The van der Waals surface area contributed by atoms with Crippen molar-refractivity contribution >= 4 is 71.6 Å². The minimum absolute atomic E-state index is 0. The fourth-order valence-corrected chi connectivity index (χ4v) is 2.50. The number of hydrogen-bond donors (Lipinski definition) is 1. The number of aromatic nitrogens is 4. The van der Waals surface area contributed by atoms with Crippen LogP contribution in [0.2, 0.25) is 5.02 Å². The second-order valence-corrected chi connectivity index (χ2v) is 5.38. The molecule has 11 heteroatoms. The Kier molecular flexibility index (Phi) is 9.10. The third kappa shape index (κ3) is 4.67. The number of carbonyl (C=O) groups excluding carboxylic acids is 1. The van der Waals surface area contributed by atoms with Crippen LogP contribution >= 0.6 is 48.8 Å². The summed E-state index contributed by atoms with van der Waals surface area (Å²) in [5.41, 5.74) is 8.28. The molecule has 0 saturated carbocycles. The maximum atomic E-state index is 11.7. The molecule has 0 saturated heterocycles. The number of esters is 1. The first-order chi connectivity index (χ1) is 11.0. The second-order valence-electron chi connectivity index (χ2n) is 4.97. The number of rotatable bonds is 3. The van der Waals surface area contributed by atoms with Crippen LogP contribution < -0.4 is 5.73 Å². The molecule has 0 bridgehead atoms. The fourth-order valence-electron chi connectivity index (χ4n) is 2.27. The standard InChI is InChI=1S/C15H14ClN5O2.3ClH/c1-8-19-11-3-4-12(15(22)23-2)20-14(11)21(8)7-13-10(16)5-9(17)6-18-13;;;/h3-6H,7,17H2,1-2H3;3*1H. The van der Waals surface area contributed by atoms with Gasteiger partial charge < -0.3 is 15.0 Å². The Morgan fingerprint density at radius 2 is 1.96 bits per heavy atom. The summed E-state index contributed by atoms with van der Waals surface area (Å²) in [7, 11) is 1.31. The van der Waals surface area contributed by atoms with Crippen molar-refractivity contribution in [3.05, 3.63) is 46.6 Å². The van der Waals surface area contributed by atoms with E-state index in [1.54, 1.807) is 24.4 Å². The van der Waals surface area contributed by atoms with Crippen LogP contribution in [0.25, 0.3) is 11.2 Å². The summed E-state index contributed by atoms with van der Waals surface area (Å²) in [6.07, 6.45) is 1.54. The maximum absolute atomic E-state index is 11.7. The number of pyridine rings is 2. The molecule has 3 aromatic rings. The Hall–Kier alpha value is -1.80.